The van der Waals surface area contributed by atoms with Crippen molar-refractivity contribution in [3.8, 4) is 0 Å². The highest BCUT2D eigenvalue weighted by Gasteiger charge is 2.47. The number of carbonyl (C=O) groups is 1. The van der Waals surface area contributed by atoms with Gasteiger partial charge in [0.1, 0.15) is 18.0 Å². The van der Waals surface area contributed by atoms with E-state index in [0.29, 0.717) is 0 Å². The van der Waals surface area contributed by atoms with E-state index in [-0.39, 0.29) is 11.4 Å². The number of hydrogen-bond donors (Lipinski definition) is 5. The van der Waals surface area contributed by atoms with Crippen LogP contribution >= 0.6 is 0 Å². The summed E-state index contributed by atoms with van der Waals surface area (Å²) in [6, 6.07) is 0. The number of aromatic nitrogens is 2. The number of anilines is 1. The van der Waals surface area contributed by atoms with Crippen molar-refractivity contribution in [1.29, 1.82) is 0 Å². The van der Waals surface area contributed by atoms with Crippen molar-refractivity contribution in [2.75, 3.05) is 5.73 Å². The number of rotatable bonds is 3. The molecule has 1 aromatic heterocycles. The Hall–Kier alpha value is -2.01. The fourth-order valence-electron chi connectivity index (χ4n) is 1.92. The molecule has 4 atom stereocenters. The summed E-state index contributed by atoms with van der Waals surface area (Å²) in [6.45, 7) is -0.507. The second kappa shape index (κ2) is 5.17. The van der Waals surface area contributed by atoms with E-state index < -0.39 is 42.8 Å². The van der Waals surface area contributed by atoms with Gasteiger partial charge in [-0.3, -0.25) is 4.57 Å². The predicted molar refractivity (Wildman–Crippen MR) is 62.4 cm³/mol. The molecule has 10 heteroatoms. The summed E-state index contributed by atoms with van der Waals surface area (Å²) in [5, 5.41) is 37.2. The maximum Gasteiger partial charge on any atom is 0.351 e. The number of aliphatic hydroxyl groups is 3. The van der Waals surface area contributed by atoms with Crippen LogP contribution in [0.2, 0.25) is 0 Å². The van der Waals surface area contributed by atoms with Crippen molar-refractivity contribution in [3.05, 3.63) is 22.2 Å². The molecular weight excluding hydrogens is 274 g/mol. The zero-order valence-corrected chi connectivity index (χ0v) is 10.1. The minimum Gasteiger partial charge on any atom is -0.479 e. The lowest BCUT2D eigenvalue weighted by atomic mass is 10.1. The summed E-state index contributed by atoms with van der Waals surface area (Å²) in [6.07, 6.45) is -5.34. The Bertz CT molecular complexity index is 587. The molecule has 0 radical (unpaired) electrons. The van der Waals surface area contributed by atoms with Gasteiger partial charge in [0.2, 0.25) is 0 Å². The van der Waals surface area contributed by atoms with Crippen molar-refractivity contribution in [3.63, 3.8) is 0 Å². The van der Waals surface area contributed by atoms with Gasteiger partial charge in [-0.15, -0.1) is 0 Å². The molecule has 2 heterocycles. The maximum atomic E-state index is 11.7. The Kier molecular flexibility index (Phi) is 3.72. The summed E-state index contributed by atoms with van der Waals surface area (Å²) < 4.78 is 5.73. The van der Waals surface area contributed by atoms with Gasteiger partial charge in [-0.1, -0.05) is 0 Å². The van der Waals surface area contributed by atoms with Crippen LogP contribution in [-0.2, 0) is 16.1 Å². The Labute approximate surface area is 111 Å². The van der Waals surface area contributed by atoms with Crippen molar-refractivity contribution in [2.45, 2.75) is 31.1 Å². The molecule has 0 unspecified atom stereocenters. The van der Waals surface area contributed by atoms with Gasteiger partial charge in [0.25, 0.3) is 0 Å². The summed E-state index contributed by atoms with van der Waals surface area (Å²) in [5.74, 6) is -1.66. The Morgan fingerprint density at radius 2 is 2.10 bits per heavy atom. The molecule has 1 aliphatic heterocycles. The van der Waals surface area contributed by atoms with Gasteiger partial charge in [-0.2, -0.15) is 4.98 Å². The molecule has 1 saturated heterocycles. The minimum atomic E-state index is -1.69. The highest BCUT2D eigenvalue weighted by molar-refractivity contribution is 5.73. The van der Waals surface area contributed by atoms with Crippen molar-refractivity contribution in [2.24, 2.45) is 0 Å². The lowest BCUT2D eigenvalue weighted by Gasteiger charge is -2.18. The van der Waals surface area contributed by atoms with E-state index >= 15 is 0 Å². The van der Waals surface area contributed by atoms with E-state index in [2.05, 4.69) is 4.98 Å². The molecule has 0 saturated carbocycles. The zero-order valence-electron chi connectivity index (χ0n) is 10.1. The first kappa shape index (κ1) is 14.4. The van der Waals surface area contributed by atoms with E-state index in [1.54, 1.807) is 0 Å². The first-order valence-corrected chi connectivity index (χ1v) is 5.59. The van der Waals surface area contributed by atoms with Gasteiger partial charge in [0.05, 0.1) is 6.61 Å². The van der Waals surface area contributed by atoms with E-state index in [1.165, 1.54) is 0 Å². The van der Waals surface area contributed by atoms with Crippen LogP contribution in [0.1, 0.15) is 11.8 Å². The number of nitrogens with zero attached hydrogens (tertiary/aromatic N) is 2. The minimum absolute atomic E-state index is 0.105. The van der Waals surface area contributed by atoms with Crippen LogP contribution in [0.4, 0.5) is 5.82 Å². The first-order chi connectivity index (χ1) is 9.36. The number of nitrogens with two attached hydrogens (primary N) is 1. The molecule has 1 aromatic rings. The molecule has 10 nitrogen and oxygen atoms in total. The molecule has 0 aromatic carbocycles. The third-order valence-electron chi connectivity index (χ3n) is 2.99. The van der Waals surface area contributed by atoms with Crippen LogP contribution in [-0.4, -0.2) is 54.3 Å². The Morgan fingerprint density at radius 3 is 2.60 bits per heavy atom. The van der Waals surface area contributed by atoms with Crippen molar-refractivity contribution < 1.29 is 30.0 Å². The van der Waals surface area contributed by atoms with Gasteiger partial charge in [-0.05, 0) is 0 Å². The van der Waals surface area contributed by atoms with Gasteiger partial charge in [0.15, 0.2) is 12.3 Å². The van der Waals surface area contributed by atoms with Crippen LogP contribution in [0.25, 0.3) is 0 Å². The van der Waals surface area contributed by atoms with Gasteiger partial charge in [0, 0.05) is 11.8 Å². The quantitative estimate of drug-likeness (QED) is 0.389. The van der Waals surface area contributed by atoms with Crippen LogP contribution in [0, 0.1) is 0 Å². The summed E-state index contributed by atoms with van der Waals surface area (Å²) in [7, 11) is 0. The lowest BCUT2D eigenvalue weighted by molar-refractivity contribution is -0.155. The topological polar surface area (TPSA) is 168 Å². The number of carboxylic acid groups (broad SMARTS) is 1. The molecular formula is C10H13N3O7. The maximum absolute atomic E-state index is 11.7. The van der Waals surface area contributed by atoms with E-state index in [0.717, 1.165) is 10.8 Å². The number of carboxylic acids is 1. The van der Waals surface area contributed by atoms with Gasteiger partial charge in [-0.25, -0.2) is 9.59 Å². The summed E-state index contributed by atoms with van der Waals surface area (Å²) in [4.78, 5) is 26.0. The molecule has 0 aliphatic carbocycles. The first-order valence-electron chi connectivity index (χ1n) is 5.59. The summed E-state index contributed by atoms with van der Waals surface area (Å²) in [5.41, 5.74) is 4.61. The monoisotopic (exact) mass is 287 g/mol. The van der Waals surface area contributed by atoms with Gasteiger partial charge < -0.3 is 30.9 Å². The molecule has 0 amide bonds. The molecule has 0 bridgehead atoms. The number of aliphatic hydroxyl groups excluding tert-OH is 3. The van der Waals surface area contributed by atoms with Crippen LogP contribution in [0.15, 0.2) is 11.0 Å². The molecule has 6 N–H and O–H groups in total. The third-order valence-corrected chi connectivity index (χ3v) is 2.99. The molecule has 110 valence electrons. The van der Waals surface area contributed by atoms with Gasteiger partial charge >= 0.3 is 11.7 Å². The normalized spacial score (nSPS) is 29.6. The Morgan fingerprint density at radius 1 is 1.45 bits per heavy atom. The van der Waals surface area contributed by atoms with Crippen molar-refractivity contribution >= 4 is 11.8 Å². The van der Waals surface area contributed by atoms with E-state index in [1.807, 2.05) is 0 Å². The predicted octanol–water partition coefficient (Wildman–Crippen LogP) is -2.98. The molecule has 2 rings (SSSR count). The van der Waals surface area contributed by atoms with E-state index in [9.17, 15) is 19.8 Å². The third kappa shape index (κ3) is 2.25. The van der Waals surface area contributed by atoms with Crippen molar-refractivity contribution in [1.82, 2.24) is 9.55 Å². The second-order valence-electron chi connectivity index (χ2n) is 4.27. The average molecular weight is 287 g/mol. The smallest absolute Gasteiger partial charge is 0.351 e. The largest absolute Gasteiger partial charge is 0.479 e. The number of hydrogen-bond acceptors (Lipinski definition) is 8. The second-order valence-corrected chi connectivity index (χ2v) is 4.27. The molecule has 20 heavy (non-hydrogen) atoms. The highest BCUT2D eigenvalue weighted by atomic mass is 16.6. The molecule has 0 spiro atoms. The Balaban J connectivity index is 2.42. The van der Waals surface area contributed by atoms with Crippen LogP contribution in [0.3, 0.4) is 0 Å². The lowest BCUT2D eigenvalue weighted by Crippen LogP contribution is -2.37. The van der Waals surface area contributed by atoms with Crippen LogP contribution in [0.5, 0.6) is 0 Å². The zero-order chi connectivity index (χ0) is 15.0. The molecule has 1 aliphatic rings. The molecule has 1 fully saturated rings. The number of aliphatic carboxylic acids is 1. The van der Waals surface area contributed by atoms with Crippen LogP contribution < -0.4 is 11.4 Å². The van der Waals surface area contributed by atoms with E-state index in [4.69, 9.17) is 20.7 Å². The fourth-order valence-corrected chi connectivity index (χ4v) is 1.92. The summed E-state index contributed by atoms with van der Waals surface area (Å²) >= 11 is 0. The number of nitrogen functional groups attached to an aromatic ring is 1. The fraction of sp³-hybridized carbons (Fsp3) is 0.500. The highest BCUT2D eigenvalue weighted by Crippen LogP contribution is 2.28. The SMILES string of the molecule is Nc1nc(=O)n([C@@H]2O[C@H](C(=O)O)[C@@H](O)[C@H]2O)cc1CO. The number of ether oxygens (including phenoxy) is 1. The average Bonchev–Trinajstić information content (AvgIpc) is 2.67. The standard InChI is InChI=1S/C10H13N3O7/c11-7-3(2-14)1-13(10(19)12-7)8-5(16)4(15)6(20-8)9(17)18/h1,4-6,8,14-16H,2H2,(H,17,18)(H2,11,12,19)/t4-,5+,6-,8+/m0/s1.